The first-order valence-corrected chi connectivity index (χ1v) is 7.55. The predicted octanol–water partition coefficient (Wildman–Crippen LogP) is 2.54. The van der Waals surface area contributed by atoms with Gasteiger partial charge in [0.1, 0.15) is 0 Å². The van der Waals surface area contributed by atoms with Crippen molar-refractivity contribution in [2.75, 3.05) is 18.6 Å². The number of carbonyl (C=O) groups is 1. The van der Waals surface area contributed by atoms with Crippen LogP contribution in [-0.4, -0.2) is 29.6 Å². The van der Waals surface area contributed by atoms with Gasteiger partial charge in [0.25, 0.3) is 0 Å². The van der Waals surface area contributed by atoms with Crippen LogP contribution in [0.15, 0.2) is 6.20 Å². The molecular formula is C11H17NO2S2. The van der Waals surface area contributed by atoms with Crippen LogP contribution in [0.25, 0.3) is 0 Å². The molecule has 0 amide bonds. The molecule has 3 nitrogen and oxygen atoms in total. The Balaban J connectivity index is 2.31. The van der Waals surface area contributed by atoms with E-state index in [9.17, 15) is 4.79 Å². The van der Waals surface area contributed by atoms with Crippen molar-refractivity contribution < 1.29 is 9.53 Å². The van der Waals surface area contributed by atoms with Gasteiger partial charge in [-0.3, -0.25) is 4.79 Å². The van der Waals surface area contributed by atoms with E-state index in [0.717, 1.165) is 17.2 Å². The van der Waals surface area contributed by atoms with Crippen molar-refractivity contribution in [1.29, 1.82) is 0 Å². The Hall–Kier alpha value is -0.550. The molecule has 0 unspecified atom stereocenters. The number of thiazole rings is 1. The molecule has 0 N–H and O–H groups in total. The smallest absolute Gasteiger partial charge is 0.306 e. The van der Waals surface area contributed by atoms with E-state index in [0.29, 0.717) is 19.4 Å². The number of carbonyl (C=O) groups excluding carboxylic acids is 1. The average Bonchev–Trinajstić information content (AvgIpc) is 2.72. The monoisotopic (exact) mass is 259 g/mol. The maximum atomic E-state index is 11.1. The van der Waals surface area contributed by atoms with E-state index in [4.69, 9.17) is 4.74 Å². The maximum absolute atomic E-state index is 11.1. The third-order valence-electron chi connectivity index (χ3n) is 2.00. The van der Waals surface area contributed by atoms with Crippen LogP contribution in [0.1, 0.15) is 23.2 Å². The van der Waals surface area contributed by atoms with E-state index in [1.807, 2.05) is 24.9 Å². The highest BCUT2D eigenvalue weighted by molar-refractivity contribution is 7.98. The minimum absolute atomic E-state index is 0.136. The molecule has 0 aromatic carbocycles. The highest BCUT2D eigenvalue weighted by atomic mass is 32.2. The predicted molar refractivity (Wildman–Crippen MR) is 69.2 cm³/mol. The summed E-state index contributed by atoms with van der Waals surface area (Å²) in [5, 5.41) is 1.03. The molecule has 5 heteroatoms. The van der Waals surface area contributed by atoms with Crippen LogP contribution in [0, 0.1) is 0 Å². The summed E-state index contributed by atoms with van der Waals surface area (Å²) < 4.78 is 4.87. The fourth-order valence-electron chi connectivity index (χ4n) is 1.22. The summed E-state index contributed by atoms with van der Waals surface area (Å²) in [7, 11) is 0. The van der Waals surface area contributed by atoms with E-state index >= 15 is 0 Å². The number of nitrogens with zero attached hydrogens (tertiary/aromatic N) is 1. The van der Waals surface area contributed by atoms with Crippen molar-refractivity contribution in [3.05, 3.63) is 16.1 Å². The van der Waals surface area contributed by atoms with E-state index in [2.05, 4.69) is 11.2 Å². The van der Waals surface area contributed by atoms with Gasteiger partial charge in [-0.15, -0.1) is 11.3 Å². The van der Waals surface area contributed by atoms with E-state index < -0.39 is 0 Å². The Morgan fingerprint density at radius 3 is 3.06 bits per heavy atom. The molecule has 0 radical (unpaired) electrons. The van der Waals surface area contributed by atoms with Crippen molar-refractivity contribution in [2.45, 2.75) is 26.2 Å². The lowest BCUT2D eigenvalue weighted by Gasteiger charge is -1.98. The van der Waals surface area contributed by atoms with Crippen molar-refractivity contribution in [1.82, 2.24) is 4.98 Å². The first-order chi connectivity index (χ1) is 7.76. The van der Waals surface area contributed by atoms with Gasteiger partial charge in [-0.1, -0.05) is 0 Å². The zero-order chi connectivity index (χ0) is 11.8. The molecule has 0 fully saturated rings. The molecule has 0 aliphatic heterocycles. The molecule has 0 saturated carbocycles. The van der Waals surface area contributed by atoms with Gasteiger partial charge in [0.15, 0.2) is 0 Å². The standard InChI is InChI=1S/C11H17NO2S2/c1-3-14-11(13)5-4-10-12-8-9(16-10)6-7-15-2/h8H,3-7H2,1-2H3. The van der Waals surface area contributed by atoms with Crippen LogP contribution in [-0.2, 0) is 22.4 Å². The second-order valence-electron chi connectivity index (χ2n) is 3.27. The lowest BCUT2D eigenvalue weighted by Crippen LogP contribution is -2.04. The number of thioether (sulfide) groups is 1. The topological polar surface area (TPSA) is 39.2 Å². The minimum Gasteiger partial charge on any atom is -0.466 e. The van der Waals surface area contributed by atoms with E-state index in [1.165, 1.54) is 4.88 Å². The zero-order valence-corrected chi connectivity index (χ0v) is 11.3. The Bertz CT molecular complexity index is 326. The van der Waals surface area contributed by atoms with Gasteiger partial charge in [0.2, 0.25) is 0 Å². The summed E-state index contributed by atoms with van der Waals surface area (Å²) in [6.45, 7) is 2.28. The van der Waals surface area contributed by atoms with Gasteiger partial charge in [-0.25, -0.2) is 4.98 Å². The number of aromatic nitrogens is 1. The lowest BCUT2D eigenvalue weighted by atomic mass is 10.3. The van der Waals surface area contributed by atoms with Crippen LogP contribution >= 0.6 is 23.1 Å². The van der Waals surface area contributed by atoms with E-state index in [1.54, 1.807) is 11.3 Å². The van der Waals surface area contributed by atoms with Gasteiger partial charge in [-0.05, 0) is 25.4 Å². The quantitative estimate of drug-likeness (QED) is 0.705. The van der Waals surface area contributed by atoms with Gasteiger partial charge in [0.05, 0.1) is 18.0 Å². The molecule has 0 aliphatic carbocycles. The largest absolute Gasteiger partial charge is 0.466 e. The van der Waals surface area contributed by atoms with Crippen LogP contribution in [0.5, 0.6) is 0 Å². The summed E-state index contributed by atoms with van der Waals surface area (Å²) in [4.78, 5) is 16.7. The van der Waals surface area contributed by atoms with Crippen LogP contribution < -0.4 is 0 Å². The molecule has 0 bridgehead atoms. The second-order valence-corrected chi connectivity index (χ2v) is 5.45. The Morgan fingerprint density at radius 2 is 2.38 bits per heavy atom. The fraction of sp³-hybridized carbons (Fsp3) is 0.636. The molecule has 1 heterocycles. The molecule has 1 rings (SSSR count). The summed E-state index contributed by atoms with van der Waals surface area (Å²) in [6.07, 6.45) is 6.22. The number of hydrogen-bond donors (Lipinski definition) is 0. The SMILES string of the molecule is CCOC(=O)CCc1ncc(CCSC)s1. The number of rotatable bonds is 7. The van der Waals surface area contributed by atoms with Gasteiger partial charge in [0, 0.05) is 17.5 Å². The molecule has 0 atom stereocenters. The summed E-state index contributed by atoms with van der Waals surface area (Å²) >= 11 is 3.54. The number of hydrogen-bond acceptors (Lipinski definition) is 5. The highest BCUT2D eigenvalue weighted by Crippen LogP contribution is 2.16. The van der Waals surface area contributed by atoms with Gasteiger partial charge < -0.3 is 4.74 Å². The Morgan fingerprint density at radius 1 is 1.56 bits per heavy atom. The third kappa shape index (κ3) is 4.99. The van der Waals surface area contributed by atoms with Crippen molar-refractivity contribution in [3.63, 3.8) is 0 Å². The molecule has 1 aromatic heterocycles. The summed E-state index contributed by atoms with van der Waals surface area (Å²) in [6, 6.07) is 0. The Labute approximate surface area is 105 Å². The number of esters is 1. The lowest BCUT2D eigenvalue weighted by molar-refractivity contribution is -0.143. The Kier molecular flexibility index (Phi) is 6.49. The summed E-state index contributed by atoms with van der Waals surface area (Å²) in [5.74, 6) is 0.989. The summed E-state index contributed by atoms with van der Waals surface area (Å²) in [5.41, 5.74) is 0. The first-order valence-electron chi connectivity index (χ1n) is 5.34. The van der Waals surface area contributed by atoms with Crippen molar-refractivity contribution in [2.24, 2.45) is 0 Å². The molecule has 0 aliphatic rings. The second kappa shape index (κ2) is 7.68. The van der Waals surface area contributed by atoms with Gasteiger partial charge in [-0.2, -0.15) is 11.8 Å². The van der Waals surface area contributed by atoms with Gasteiger partial charge >= 0.3 is 5.97 Å². The maximum Gasteiger partial charge on any atom is 0.306 e. The molecule has 90 valence electrons. The number of ether oxygens (including phenoxy) is 1. The molecule has 0 spiro atoms. The van der Waals surface area contributed by atoms with Crippen molar-refractivity contribution in [3.8, 4) is 0 Å². The molecular weight excluding hydrogens is 242 g/mol. The third-order valence-corrected chi connectivity index (χ3v) is 3.73. The molecule has 1 aromatic rings. The van der Waals surface area contributed by atoms with Crippen LogP contribution in [0.2, 0.25) is 0 Å². The minimum atomic E-state index is -0.136. The molecule has 0 saturated heterocycles. The van der Waals surface area contributed by atoms with Crippen LogP contribution in [0.3, 0.4) is 0 Å². The van der Waals surface area contributed by atoms with Crippen LogP contribution in [0.4, 0.5) is 0 Å². The number of aryl methyl sites for hydroxylation is 2. The zero-order valence-electron chi connectivity index (χ0n) is 9.69. The first kappa shape index (κ1) is 13.5. The fourth-order valence-corrected chi connectivity index (χ4v) is 2.70. The molecule has 16 heavy (non-hydrogen) atoms. The highest BCUT2D eigenvalue weighted by Gasteiger charge is 2.06. The normalized spacial score (nSPS) is 10.4. The average molecular weight is 259 g/mol. The van der Waals surface area contributed by atoms with Crippen molar-refractivity contribution >= 4 is 29.1 Å². The van der Waals surface area contributed by atoms with E-state index in [-0.39, 0.29) is 5.97 Å².